The number of nitrogens with zero attached hydrogens (tertiary/aromatic N) is 1. The minimum Gasteiger partial charge on any atom is -0.396 e. The van der Waals surface area contributed by atoms with Crippen molar-refractivity contribution in [1.29, 1.82) is 0 Å². The Morgan fingerprint density at radius 2 is 1.73 bits per heavy atom. The molecule has 0 fully saturated rings. The van der Waals surface area contributed by atoms with E-state index in [1.165, 1.54) is 16.5 Å². The van der Waals surface area contributed by atoms with Gasteiger partial charge in [0.25, 0.3) is 0 Å². The first-order chi connectivity index (χ1) is 16.1. The van der Waals surface area contributed by atoms with Crippen molar-refractivity contribution in [2.75, 3.05) is 6.61 Å². The Hall–Kier alpha value is -3.43. The maximum atomic E-state index is 12.8. The van der Waals surface area contributed by atoms with Gasteiger partial charge in [-0.1, -0.05) is 67.6 Å². The molecule has 4 rings (SSSR count). The number of carbonyl (C=O) groups is 1. The van der Waals surface area contributed by atoms with Gasteiger partial charge in [0.1, 0.15) is 0 Å². The summed E-state index contributed by atoms with van der Waals surface area (Å²) in [6, 6.07) is 26.6. The number of aliphatic hydroxyl groups is 1. The first-order valence-corrected chi connectivity index (χ1v) is 11.5. The first kappa shape index (κ1) is 22.8. The Morgan fingerprint density at radius 1 is 0.970 bits per heavy atom. The molecule has 0 aliphatic heterocycles. The van der Waals surface area contributed by atoms with Gasteiger partial charge in [0, 0.05) is 18.6 Å². The quantitative estimate of drug-likeness (QED) is 0.179. The monoisotopic (exact) mass is 451 g/mol. The van der Waals surface area contributed by atoms with E-state index in [0.29, 0.717) is 12.8 Å². The van der Waals surface area contributed by atoms with E-state index < -0.39 is 0 Å². The molecular formula is C29H25NO2S. The summed E-state index contributed by atoms with van der Waals surface area (Å²) in [5, 5.41) is 14.2. The number of isothiocyanates is 1. The Bertz CT molecular complexity index is 1350. The highest BCUT2D eigenvalue weighted by Crippen LogP contribution is 2.32. The van der Waals surface area contributed by atoms with Crippen LogP contribution in [-0.2, 0) is 12.8 Å². The molecular weight excluding hydrogens is 426 g/mol. The van der Waals surface area contributed by atoms with E-state index in [1.807, 2.05) is 37.3 Å². The van der Waals surface area contributed by atoms with Crippen LogP contribution in [0.15, 0.2) is 83.9 Å². The third kappa shape index (κ3) is 4.99. The number of rotatable bonds is 8. The number of hydrogen-bond donors (Lipinski definition) is 1. The largest absolute Gasteiger partial charge is 0.396 e. The maximum absolute atomic E-state index is 12.8. The van der Waals surface area contributed by atoms with E-state index >= 15 is 0 Å². The summed E-state index contributed by atoms with van der Waals surface area (Å²) in [4.78, 5) is 16.9. The summed E-state index contributed by atoms with van der Waals surface area (Å²) in [5.74, 6) is 0.0986. The van der Waals surface area contributed by atoms with Crippen molar-refractivity contribution in [3.8, 4) is 11.1 Å². The topological polar surface area (TPSA) is 49.7 Å². The molecule has 4 aromatic rings. The van der Waals surface area contributed by atoms with Gasteiger partial charge in [0.15, 0.2) is 5.78 Å². The number of fused-ring (bicyclic) bond motifs is 1. The lowest BCUT2D eigenvalue weighted by Crippen LogP contribution is -2.07. The van der Waals surface area contributed by atoms with E-state index in [-0.39, 0.29) is 12.4 Å². The lowest BCUT2D eigenvalue weighted by atomic mass is 9.89. The SMILES string of the molecule is CCC(=O)c1c(CCO)cccc1-c1ccc2cccc(Cc3ccc(N=C=S)cc3)c2c1. The second kappa shape index (κ2) is 10.5. The van der Waals surface area contributed by atoms with Crippen LogP contribution in [0.1, 0.15) is 40.4 Å². The highest BCUT2D eigenvalue weighted by Gasteiger charge is 2.16. The fourth-order valence-electron chi connectivity index (χ4n) is 4.30. The Kier molecular flexibility index (Phi) is 7.21. The Morgan fingerprint density at radius 3 is 2.45 bits per heavy atom. The van der Waals surface area contributed by atoms with Crippen molar-refractivity contribution in [1.82, 2.24) is 0 Å². The Labute approximate surface area is 199 Å². The van der Waals surface area contributed by atoms with Gasteiger partial charge in [0.2, 0.25) is 0 Å². The minimum absolute atomic E-state index is 0.0177. The van der Waals surface area contributed by atoms with Gasteiger partial charge in [-0.3, -0.25) is 4.79 Å². The smallest absolute Gasteiger partial charge is 0.163 e. The lowest BCUT2D eigenvalue weighted by molar-refractivity contribution is 0.0987. The van der Waals surface area contributed by atoms with Crippen LogP contribution < -0.4 is 0 Å². The van der Waals surface area contributed by atoms with Crippen molar-refractivity contribution in [2.24, 2.45) is 4.99 Å². The van der Waals surface area contributed by atoms with Gasteiger partial charge in [-0.15, -0.1) is 0 Å². The molecule has 33 heavy (non-hydrogen) atoms. The molecule has 4 heteroatoms. The average Bonchev–Trinajstić information content (AvgIpc) is 2.85. The summed E-state index contributed by atoms with van der Waals surface area (Å²) in [6.45, 7) is 1.90. The zero-order chi connectivity index (χ0) is 23.2. The normalized spacial score (nSPS) is 10.7. The standard InChI is InChI=1S/C29H25NO2S/c1-2-28(32)29-22(15-16-31)6-4-8-26(29)24-12-11-21-5-3-7-23(27(21)18-24)17-20-9-13-25(14-10-20)30-19-33/h3-14,18,31H,2,15-17H2,1H3. The molecule has 0 radical (unpaired) electrons. The number of aliphatic hydroxyl groups excluding tert-OH is 1. The molecule has 0 spiro atoms. The number of ketones is 1. The molecule has 0 saturated carbocycles. The fourth-order valence-corrected chi connectivity index (χ4v) is 4.40. The zero-order valence-electron chi connectivity index (χ0n) is 18.5. The number of benzene rings is 4. The highest BCUT2D eigenvalue weighted by atomic mass is 32.1. The van der Waals surface area contributed by atoms with Crippen LogP contribution in [0, 0.1) is 0 Å². The summed E-state index contributed by atoms with van der Waals surface area (Å²) >= 11 is 4.68. The molecule has 0 amide bonds. The second-order valence-electron chi connectivity index (χ2n) is 7.99. The number of carbonyl (C=O) groups excluding carboxylic acids is 1. The van der Waals surface area contributed by atoms with Crippen molar-refractivity contribution in [3.05, 3.63) is 101 Å². The number of hydrogen-bond acceptors (Lipinski definition) is 4. The van der Waals surface area contributed by atoms with Crippen molar-refractivity contribution < 1.29 is 9.90 Å². The molecule has 0 atom stereocenters. The predicted molar refractivity (Wildman–Crippen MR) is 139 cm³/mol. The second-order valence-corrected chi connectivity index (χ2v) is 8.17. The van der Waals surface area contributed by atoms with Gasteiger partial charge in [0.05, 0.1) is 10.8 Å². The molecule has 0 bridgehead atoms. The summed E-state index contributed by atoms with van der Waals surface area (Å²) in [7, 11) is 0. The van der Waals surface area contributed by atoms with Gasteiger partial charge in [-0.25, -0.2) is 0 Å². The van der Waals surface area contributed by atoms with Crippen LogP contribution in [0.25, 0.3) is 21.9 Å². The number of Topliss-reactive ketones (excluding diaryl/α,β-unsaturated/α-hetero) is 1. The maximum Gasteiger partial charge on any atom is 0.163 e. The van der Waals surface area contributed by atoms with Crippen LogP contribution in [0.3, 0.4) is 0 Å². The summed E-state index contributed by atoms with van der Waals surface area (Å²) in [6.07, 6.45) is 1.68. The molecule has 0 aromatic heterocycles. The predicted octanol–water partition coefficient (Wildman–Crippen LogP) is 6.96. The molecule has 3 nitrogen and oxygen atoms in total. The van der Waals surface area contributed by atoms with Crippen LogP contribution in [0.4, 0.5) is 5.69 Å². The van der Waals surface area contributed by atoms with Crippen LogP contribution in [0.5, 0.6) is 0 Å². The zero-order valence-corrected chi connectivity index (χ0v) is 19.4. The Balaban J connectivity index is 1.80. The third-order valence-corrected chi connectivity index (χ3v) is 6.01. The molecule has 1 N–H and O–H groups in total. The third-order valence-electron chi connectivity index (χ3n) is 5.92. The minimum atomic E-state index is 0.0177. The first-order valence-electron chi connectivity index (χ1n) is 11.1. The number of thiocarbonyl (C=S) groups is 1. The summed E-state index contributed by atoms with van der Waals surface area (Å²) in [5.41, 5.74) is 6.75. The molecule has 0 heterocycles. The van der Waals surface area contributed by atoms with E-state index in [0.717, 1.165) is 39.7 Å². The fraction of sp³-hybridized carbons (Fsp3) is 0.172. The highest BCUT2D eigenvalue weighted by molar-refractivity contribution is 7.78. The van der Waals surface area contributed by atoms with E-state index in [2.05, 4.69) is 70.9 Å². The molecule has 0 saturated heterocycles. The molecule has 0 unspecified atom stereocenters. The molecule has 0 aliphatic carbocycles. The van der Waals surface area contributed by atoms with Gasteiger partial charge < -0.3 is 5.11 Å². The lowest BCUT2D eigenvalue weighted by Gasteiger charge is -2.15. The average molecular weight is 452 g/mol. The summed E-state index contributed by atoms with van der Waals surface area (Å²) < 4.78 is 0. The molecule has 0 aliphatic rings. The van der Waals surface area contributed by atoms with Gasteiger partial charge in [-0.2, -0.15) is 4.99 Å². The van der Waals surface area contributed by atoms with E-state index in [9.17, 15) is 9.90 Å². The number of aliphatic imine (C=N–C) groups is 1. The van der Waals surface area contributed by atoms with Gasteiger partial charge in [-0.05, 0) is 81.8 Å². The van der Waals surface area contributed by atoms with Crippen molar-refractivity contribution in [2.45, 2.75) is 26.2 Å². The van der Waals surface area contributed by atoms with Crippen molar-refractivity contribution >= 4 is 39.6 Å². The molecule has 164 valence electrons. The van der Waals surface area contributed by atoms with E-state index in [1.54, 1.807) is 0 Å². The van der Waals surface area contributed by atoms with Crippen LogP contribution in [-0.4, -0.2) is 22.7 Å². The van der Waals surface area contributed by atoms with Gasteiger partial charge >= 0.3 is 0 Å². The van der Waals surface area contributed by atoms with Crippen molar-refractivity contribution in [3.63, 3.8) is 0 Å². The van der Waals surface area contributed by atoms with E-state index in [4.69, 9.17) is 0 Å². The van der Waals surface area contributed by atoms with Crippen LogP contribution in [0.2, 0.25) is 0 Å². The molecule has 4 aromatic carbocycles. The van der Waals surface area contributed by atoms with Crippen LogP contribution >= 0.6 is 12.2 Å².